The number of imidazole rings is 1. The maximum absolute atomic E-state index is 10.6. The van der Waals surface area contributed by atoms with Crippen LogP contribution in [0.4, 0.5) is 5.69 Å². The van der Waals surface area contributed by atoms with Crippen molar-refractivity contribution < 1.29 is 9.34 Å². The van der Waals surface area contributed by atoms with Gasteiger partial charge in [-0.05, 0) is 56.0 Å². The number of nitrogens with zero attached hydrogens (tertiary/aromatic N) is 4. The van der Waals surface area contributed by atoms with Crippen molar-refractivity contribution >= 4 is 32.7 Å². The van der Waals surface area contributed by atoms with Gasteiger partial charge in [-0.1, -0.05) is 43.1 Å². The van der Waals surface area contributed by atoms with E-state index in [-0.39, 0.29) is 16.7 Å². The first kappa shape index (κ1) is 26.6. The van der Waals surface area contributed by atoms with Crippen molar-refractivity contribution in [1.82, 2.24) is 14.5 Å². The fourth-order valence-electron chi connectivity index (χ4n) is 4.08. The monoisotopic (exact) mass is 541 g/mol. The Balaban J connectivity index is 0.000000225. The molecule has 0 aliphatic heterocycles. The third kappa shape index (κ3) is 6.55. The Bertz CT molecular complexity index is 1270. The predicted octanol–water partition coefficient (Wildman–Crippen LogP) is 7.07. The highest BCUT2D eigenvalue weighted by molar-refractivity contribution is 9.10. The molecule has 2 heterocycles. The van der Waals surface area contributed by atoms with Crippen molar-refractivity contribution in [2.75, 3.05) is 0 Å². The van der Waals surface area contributed by atoms with Gasteiger partial charge in [-0.25, -0.2) is 9.97 Å². The molecule has 2 N–H and O–H groups in total. The van der Waals surface area contributed by atoms with Crippen molar-refractivity contribution in [3.63, 3.8) is 0 Å². The number of benzene rings is 2. The van der Waals surface area contributed by atoms with E-state index in [4.69, 9.17) is 15.1 Å². The molecular weight excluding hydrogens is 510 g/mol. The first-order valence-electron chi connectivity index (χ1n) is 11.8. The van der Waals surface area contributed by atoms with Gasteiger partial charge in [0, 0.05) is 28.2 Å². The van der Waals surface area contributed by atoms with Crippen LogP contribution in [0.15, 0.2) is 57.9 Å². The second kappa shape index (κ2) is 12.1. The number of nitrogens with two attached hydrogens (primary N) is 1. The SMILES string of the molecule is CCCc1cc(Br)ccc1[N+](=O)[O-].CCn1c([C@H](N)CC(C)C)nc2ccc(-c3cnco3)cc21. The summed E-state index contributed by atoms with van der Waals surface area (Å²) in [5.41, 5.74) is 10.4. The average Bonchev–Trinajstić information content (AvgIpc) is 3.46. The Labute approximate surface area is 213 Å². The lowest BCUT2D eigenvalue weighted by Crippen LogP contribution is -2.18. The molecule has 4 aromatic rings. The Morgan fingerprint density at radius 3 is 2.57 bits per heavy atom. The fraction of sp³-hybridized carbons (Fsp3) is 0.385. The molecule has 2 aromatic carbocycles. The third-order valence-electron chi connectivity index (χ3n) is 5.63. The lowest BCUT2D eigenvalue weighted by atomic mass is 10.0. The Morgan fingerprint density at radius 1 is 1.20 bits per heavy atom. The van der Waals surface area contributed by atoms with Gasteiger partial charge in [-0.15, -0.1) is 0 Å². The van der Waals surface area contributed by atoms with E-state index in [0.29, 0.717) is 5.92 Å². The Kier molecular flexibility index (Phi) is 9.17. The topological polar surface area (TPSA) is 113 Å². The van der Waals surface area contributed by atoms with Gasteiger partial charge in [0.15, 0.2) is 12.2 Å². The number of aromatic nitrogens is 3. The molecule has 186 valence electrons. The van der Waals surface area contributed by atoms with E-state index in [1.807, 2.05) is 25.1 Å². The predicted molar refractivity (Wildman–Crippen MR) is 142 cm³/mol. The lowest BCUT2D eigenvalue weighted by molar-refractivity contribution is -0.385. The average molecular weight is 542 g/mol. The van der Waals surface area contributed by atoms with E-state index in [1.165, 1.54) is 12.5 Å². The number of hydrogen-bond acceptors (Lipinski definition) is 6. The fourth-order valence-corrected chi connectivity index (χ4v) is 4.49. The Morgan fingerprint density at radius 2 is 1.97 bits per heavy atom. The smallest absolute Gasteiger partial charge is 0.272 e. The van der Waals surface area contributed by atoms with Crippen molar-refractivity contribution in [3.05, 3.63) is 75.0 Å². The largest absolute Gasteiger partial charge is 0.444 e. The van der Waals surface area contributed by atoms with Gasteiger partial charge >= 0.3 is 0 Å². The van der Waals surface area contributed by atoms with Gasteiger partial charge in [0.25, 0.3) is 5.69 Å². The van der Waals surface area contributed by atoms with Crippen LogP contribution in [0.3, 0.4) is 0 Å². The molecule has 9 heteroatoms. The van der Waals surface area contributed by atoms with Crippen LogP contribution in [-0.2, 0) is 13.0 Å². The van der Waals surface area contributed by atoms with E-state index in [2.05, 4.69) is 52.3 Å². The van der Waals surface area contributed by atoms with Crippen molar-refractivity contribution in [3.8, 4) is 11.3 Å². The van der Waals surface area contributed by atoms with Gasteiger partial charge in [0.2, 0.25) is 0 Å². The minimum atomic E-state index is -0.336. The van der Waals surface area contributed by atoms with Crippen LogP contribution in [0.5, 0.6) is 0 Å². The van der Waals surface area contributed by atoms with Crippen LogP contribution in [0, 0.1) is 16.0 Å². The molecular formula is C26H32BrN5O3. The van der Waals surface area contributed by atoms with Gasteiger partial charge in [0.05, 0.1) is 28.2 Å². The van der Waals surface area contributed by atoms with Crippen LogP contribution in [0.1, 0.15) is 58.0 Å². The molecule has 0 bridgehead atoms. The number of aryl methyl sites for hydroxylation is 2. The molecule has 0 aliphatic rings. The summed E-state index contributed by atoms with van der Waals surface area (Å²) in [6.07, 6.45) is 5.76. The van der Waals surface area contributed by atoms with Crippen molar-refractivity contribution in [2.45, 2.75) is 59.5 Å². The lowest BCUT2D eigenvalue weighted by Gasteiger charge is -2.15. The molecule has 0 unspecified atom stereocenters. The third-order valence-corrected chi connectivity index (χ3v) is 6.12. The summed E-state index contributed by atoms with van der Waals surface area (Å²) in [5, 5.41) is 10.6. The summed E-state index contributed by atoms with van der Waals surface area (Å²) in [7, 11) is 0. The number of nitro groups is 1. The van der Waals surface area contributed by atoms with Gasteiger partial charge in [0.1, 0.15) is 5.82 Å². The number of oxazole rings is 1. The molecule has 8 nitrogen and oxygen atoms in total. The minimum Gasteiger partial charge on any atom is -0.444 e. The van der Waals surface area contributed by atoms with Crippen molar-refractivity contribution in [2.24, 2.45) is 11.7 Å². The summed E-state index contributed by atoms with van der Waals surface area (Å²) in [6.45, 7) is 9.33. The zero-order valence-electron chi connectivity index (χ0n) is 20.6. The van der Waals surface area contributed by atoms with E-state index in [9.17, 15) is 10.1 Å². The quantitative estimate of drug-likeness (QED) is 0.188. The summed E-state index contributed by atoms with van der Waals surface area (Å²) >= 11 is 3.29. The zero-order valence-corrected chi connectivity index (χ0v) is 22.2. The highest BCUT2D eigenvalue weighted by Crippen LogP contribution is 2.28. The molecule has 4 rings (SSSR count). The van der Waals surface area contributed by atoms with Crippen molar-refractivity contribution in [1.29, 1.82) is 0 Å². The number of nitro benzene ring substituents is 1. The molecule has 0 radical (unpaired) electrons. The summed E-state index contributed by atoms with van der Waals surface area (Å²) < 4.78 is 8.47. The van der Waals surface area contributed by atoms with E-state index in [0.717, 1.165) is 64.0 Å². The van der Waals surface area contributed by atoms with Crippen LogP contribution >= 0.6 is 15.9 Å². The highest BCUT2D eigenvalue weighted by atomic mass is 79.9. The molecule has 35 heavy (non-hydrogen) atoms. The molecule has 1 atom stereocenters. The summed E-state index contributed by atoms with van der Waals surface area (Å²) in [5.74, 6) is 2.27. The van der Waals surface area contributed by atoms with E-state index >= 15 is 0 Å². The van der Waals surface area contributed by atoms with Crippen LogP contribution in [0.25, 0.3) is 22.4 Å². The number of rotatable bonds is 8. The summed E-state index contributed by atoms with van der Waals surface area (Å²) in [6, 6.07) is 11.1. The molecule has 0 saturated heterocycles. The first-order valence-corrected chi connectivity index (χ1v) is 12.6. The number of hydrogen-bond donors (Lipinski definition) is 1. The van der Waals surface area contributed by atoms with Crippen LogP contribution in [0.2, 0.25) is 0 Å². The standard InChI is InChI=1S/C17H22N4O.C9H10BrNO2/c1-4-21-15-8-12(16-9-19-10-22-16)5-6-14(15)20-17(21)13(18)7-11(2)3;1-2-3-7-6-8(10)4-5-9(7)11(12)13/h5-6,8-11,13H,4,7,18H2,1-3H3;4-6H,2-3H2,1H3/t13-;/m1./s1. The van der Waals surface area contributed by atoms with Crippen LogP contribution in [-0.4, -0.2) is 19.5 Å². The van der Waals surface area contributed by atoms with Gasteiger partial charge in [-0.2, -0.15) is 0 Å². The highest BCUT2D eigenvalue weighted by Gasteiger charge is 2.18. The van der Waals surface area contributed by atoms with Gasteiger partial charge in [-0.3, -0.25) is 10.1 Å². The second-order valence-electron chi connectivity index (χ2n) is 8.80. The van der Waals surface area contributed by atoms with Crippen LogP contribution < -0.4 is 5.73 Å². The number of halogens is 1. The van der Waals surface area contributed by atoms with E-state index < -0.39 is 0 Å². The molecule has 0 amide bonds. The molecule has 0 saturated carbocycles. The first-order chi connectivity index (χ1) is 16.7. The van der Waals surface area contributed by atoms with Gasteiger partial charge < -0.3 is 14.7 Å². The maximum atomic E-state index is 10.6. The molecule has 0 spiro atoms. The zero-order chi connectivity index (χ0) is 25.5. The normalized spacial score (nSPS) is 12.0. The minimum absolute atomic E-state index is 0.0407. The summed E-state index contributed by atoms with van der Waals surface area (Å²) in [4.78, 5) is 19.0. The Hall–Kier alpha value is -3.04. The molecule has 0 aliphatic carbocycles. The van der Waals surface area contributed by atoms with E-state index in [1.54, 1.807) is 12.3 Å². The maximum Gasteiger partial charge on any atom is 0.272 e. The second-order valence-corrected chi connectivity index (χ2v) is 9.72. The molecule has 2 aromatic heterocycles. The molecule has 0 fully saturated rings. The number of fused-ring (bicyclic) bond motifs is 1.